The number of hydrogen-bond acceptors (Lipinski definition) is 5. The number of carbonyl (C=O) groups excluding carboxylic acids is 2. The first-order valence-corrected chi connectivity index (χ1v) is 10.5. The van der Waals surface area contributed by atoms with E-state index in [0.29, 0.717) is 27.8 Å². The number of hydrogen-bond donors (Lipinski definition) is 0. The molecule has 2 aromatic rings. The number of carbonyl (C=O) groups is 2. The second-order valence-electron chi connectivity index (χ2n) is 6.32. The first-order valence-electron chi connectivity index (χ1n) is 9.32. The number of nitrogens with zero attached hydrogens (tertiary/aromatic N) is 1. The summed E-state index contributed by atoms with van der Waals surface area (Å²) in [4.78, 5) is 27.7. The summed E-state index contributed by atoms with van der Waals surface area (Å²) in [6.07, 6.45) is 6.16. The van der Waals surface area contributed by atoms with Crippen LogP contribution in [-0.4, -0.2) is 27.7 Å². The molecule has 1 amide bonds. The summed E-state index contributed by atoms with van der Waals surface area (Å²) in [5, 5.41) is 0. The number of benzene rings is 2. The molecule has 6 heteroatoms. The second kappa shape index (κ2) is 10.2. The predicted molar refractivity (Wildman–Crippen MR) is 121 cm³/mol. The lowest BCUT2D eigenvalue weighted by Gasteiger charge is -2.25. The molecule has 0 radical (unpaired) electrons. The van der Waals surface area contributed by atoms with E-state index in [-0.39, 0.29) is 5.91 Å². The standard InChI is InChI=1S/C23H21NO3S2/c1-2-16-27-22(26)20(18-13-7-4-8-14-18)24-21(25)19(29-23(24)28)15-9-12-17-10-5-3-6-11-17/h3-15,20H,2,16H2,1H3/b12-9+,19-15+. The van der Waals surface area contributed by atoms with Gasteiger partial charge in [0.2, 0.25) is 0 Å². The van der Waals surface area contributed by atoms with Crippen LogP contribution in [0.4, 0.5) is 0 Å². The van der Waals surface area contributed by atoms with Gasteiger partial charge in [0.1, 0.15) is 4.32 Å². The SMILES string of the molecule is CCCOC(=O)C(c1ccccc1)N1C(=O)/C(=C\C=C\c2ccccc2)SC1=S. The van der Waals surface area contributed by atoms with Crippen LogP contribution in [0, 0.1) is 0 Å². The average molecular weight is 424 g/mol. The molecule has 1 aliphatic heterocycles. The van der Waals surface area contributed by atoms with Gasteiger partial charge < -0.3 is 4.74 Å². The zero-order chi connectivity index (χ0) is 20.6. The van der Waals surface area contributed by atoms with Crippen molar-refractivity contribution in [1.82, 2.24) is 4.90 Å². The number of amides is 1. The third kappa shape index (κ3) is 5.22. The quantitative estimate of drug-likeness (QED) is 0.351. The lowest BCUT2D eigenvalue weighted by atomic mass is 10.1. The summed E-state index contributed by atoms with van der Waals surface area (Å²) in [6, 6.07) is 18.0. The topological polar surface area (TPSA) is 46.6 Å². The van der Waals surface area contributed by atoms with Gasteiger partial charge in [-0.3, -0.25) is 9.69 Å². The van der Waals surface area contributed by atoms with E-state index in [2.05, 4.69) is 0 Å². The predicted octanol–water partition coefficient (Wildman–Crippen LogP) is 5.14. The molecule has 1 saturated heterocycles. The first kappa shape index (κ1) is 21.0. The minimum atomic E-state index is -0.890. The molecule has 1 heterocycles. The van der Waals surface area contributed by atoms with E-state index in [1.165, 1.54) is 16.7 Å². The van der Waals surface area contributed by atoms with Crippen molar-refractivity contribution < 1.29 is 14.3 Å². The molecule has 0 saturated carbocycles. The van der Waals surface area contributed by atoms with Crippen LogP contribution in [-0.2, 0) is 14.3 Å². The van der Waals surface area contributed by atoms with Gasteiger partial charge in [0.05, 0.1) is 11.5 Å². The molecule has 1 aliphatic rings. The maximum Gasteiger partial charge on any atom is 0.333 e. The van der Waals surface area contributed by atoms with E-state index >= 15 is 0 Å². The van der Waals surface area contributed by atoms with Crippen LogP contribution in [0.15, 0.2) is 77.7 Å². The summed E-state index contributed by atoms with van der Waals surface area (Å²) < 4.78 is 5.70. The highest BCUT2D eigenvalue weighted by Gasteiger charge is 2.41. The molecule has 0 aromatic heterocycles. The highest BCUT2D eigenvalue weighted by Crippen LogP contribution is 2.37. The maximum absolute atomic E-state index is 13.1. The number of thioether (sulfide) groups is 1. The van der Waals surface area contributed by atoms with Crippen molar-refractivity contribution in [1.29, 1.82) is 0 Å². The summed E-state index contributed by atoms with van der Waals surface area (Å²) in [5.41, 5.74) is 1.70. The highest BCUT2D eigenvalue weighted by atomic mass is 32.2. The summed E-state index contributed by atoms with van der Waals surface area (Å²) in [5.74, 6) is -0.768. The molecular formula is C23H21NO3S2. The van der Waals surface area contributed by atoms with Crippen molar-refractivity contribution in [2.24, 2.45) is 0 Å². The van der Waals surface area contributed by atoms with Gasteiger partial charge in [-0.1, -0.05) is 104 Å². The normalized spacial score (nSPS) is 16.6. The average Bonchev–Trinajstić information content (AvgIpc) is 3.02. The zero-order valence-electron chi connectivity index (χ0n) is 16.0. The largest absolute Gasteiger partial charge is 0.464 e. The lowest BCUT2D eigenvalue weighted by molar-refractivity contribution is -0.151. The molecule has 0 bridgehead atoms. The minimum Gasteiger partial charge on any atom is -0.464 e. The van der Waals surface area contributed by atoms with Crippen molar-refractivity contribution >= 4 is 46.3 Å². The van der Waals surface area contributed by atoms with Crippen molar-refractivity contribution in [3.8, 4) is 0 Å². The third-order valence-electron chi connectivity index (χ3n) is 4.20. The van der Waals surface area contributed by atoms with Crippen LogP contribution in [0.25, 0.3) is 6.08 Å². The Morgan fingerprint density at radius 2 is 1.79 bits per heavy atom. The maximum atomic E-state index is 13.1. The Kier molecular flexibility index (Phi) is 7.38. The molecule has 29 heavy (non-hydrogen) atoms. The molecule has 148 valence electrons. The Morgan fingerprint density at radius 3 is 2.45 bits per heavy atom. The number of rotatable bonds is 7. The number of thiocarbonyl (C=S) groups is 1. The molecule has 1 atom stereocenters. The number of allylic oxidation sites excluding steroid dienone is 2. The molecule has 2 aromatic carbocycles. The van der Waals surface area contributed by atoms with E-state index in [9.17, 15) is 9.59 Å². The molecular weight excluding hydrogens is 402 g/mol. The Morgan fingerprint density at radius 1 is 1.14 bits per heavy atom. The van der Waals surface area contributed by atoms with Gasteiger partial charge in [0.15, 0.2) is 6.04 Å². The van der Waals surface area contributed by atoms with Crippen LogP contribution in [0.1, 0.15) is 30.5 Å². The fraction of sp³-hybridized carbons (Fsp3) is 0.174. The minimum absolute atomic E-state index is 0.292. The number of ether oxygens (including phenoxy) is 1. The van der Waals surface area contributed by atoms with E-state index < -0.39 is 12.0 Å². The Hall–Kier alpha value is -2.70. The van der Waals surface area contributed by atoms with E-state index in [1.54, 1.807) is 18.2 Å². The summed E-state index contributed by atoms with van der Waals surface area (Å²) in [6.45, 7) is 2.22. The lowest BCUT2D eigenvalue weighted by Crippen LogP contribution is -2.38. The molecule has 3 rings (SSSR count). The van der Waals surface area contributed by atoms with Crippen LogP contribution in [0.3, 0.4) is 0 Å². The van der Waals surface area contributed by atoms with Crippen molar-refractivity contribution in [2.45, 2.75) is 19.4 Å². The van der Waals surface area contributed by atoms with Crippen molar-refractivity contribution in [3.63, 3.8) is 0 Å². The van der Waals surface area contributed by atoms with Gasteiger partial charge in [0, 0.05) is 0 Å². The van der Waals surface area contributed by atoms with Gasteiger partial charge >= 0.3 is 5.97 Å². The summed E-state index contributed by atoms with van der Waals surface area (Å²) >= 11 is 6.63. The Balaban J connectivity index is 1.85. The van der Waals surface area contributed by atoms with Crippen LogP contribution in [0.5, 0.6) is 0 Å². The van der Waals surface area contributed by atoms with Gasteiger partial charge in [-0.05, 0) is 23.6 Å². The third-order valence-corrected chi connectivity index (χ3v) is 5.55. The van der Waals surface area contributed by atoms with E-state index in [4.69, 9.17) is 17.0 Å². The highest BCUT2D eigenvalue weighted by molar-refractivity contribution is 8.26. The summed E-state index contributed by atoms with van der Waals surface area (Å²) in [7, 11) is 0. The van der Waals surface area contributed by atoms with Crippen LogP contribution in [0.2, 0.25) is 0 Å². The van der Waals surface area contributed by atoms with Crippen molar-refractivity contribution in [3.05, 3.63) is 88.8 Å². The van der Waals surface area contributed by atoms with Crippen molar-refractivity contribution in [2.75, 3.05) is 6.61 Å². The smallest absolute Gasteiger partial charge is 0.333 e. The Bertz CT molecular complexity index is 939. The molecule has 1 fully saturated rings. The molecule has 0 spiro atoms. The number of esters is 1. The fourth-order valence-electron chi connectivity index (χ4n) is 2.83. The van der Waals surface area contributed by atoms with Gasteiger partial charge in [-0.25, -0.2) is 4.79 Å². The van der Waals surface area contributed by atoms with E-state index in [1.807, 2.05) is 67.6 Å². The second-order valence-corrected chi connectivity index (χ2v) is 8.00. The zero-order valence-corrected chi connectivity index (χ0v) is 17.6. The Labute approximate surface area is 180 Å². The fourth-order valence-corrected chi connectivity index (χ4v) is 4.10. The molecule has 0 aliphatic carbocycles. The van der Waals surface area contributed by atoms with Gasteiger partial charge in [0.25, 0.3) is 5.91 Å². The molecule has 1 unspecified atom stereocenters. The van der Waals surface area contributed by atoms with Gasteiger partial charge in [-0.2, -0.15) is 0 Å². The monoisotopic (exact) mass is 423 g/mol. The molecule has 4 nitrogen and oxygen atoms in total. The first-order chi connectivity index (χ1) is 14.1. The van der Waals surface area contributed by atoms with Gasteiger partial charge in [-0.15, -0.1) is 0 Å². The van der Waals surface area contributed by atoms with Crippen LogP contribution >= 0.6 is 24.0 Å². The van der Waals surface area contributed by atoms with Crippen LogP contribution < -0.4 is 0 Å². The van der Waals surface area contributed by atoms with E-state index in [0.717, 1.165) is 5.56 Å². The molecule has 0 N–H and O–H groups in total.